The van der Waals surface area contributed by atoms with Crippen LogP contribution in [-0.2, 0) is 9.47 Å². The summed E-state index contributed by atoms with van der Waals surface area (Å²) in [7, 11) is 1.78. The first kappa shape index (κ1) is 14.3. The normalized spacial score (nSPS) is 35.2. The Morgan fingerprint density at radius 2 is 1.83 bits per heavy atom. The maximum absolute atomic E-state index is 5.79. The fraction of sp³-hybridized carbons (Fsp3) is 1.00. The average Bonchev–Trinajstić information content (AvgIpc) is 2.72. The minimum Gasteiger partial charge on any atom is -0.383 e. The summed E-state index contributed by atoms with van der Waals surface area (Å²) in [6.45, 7) is 12.2. The lowest BCUT2D eigenvalue weighted by atomic mass is 10.1. The summed E-state index contributed by atoms with van der Waals surface area (Å²) in [6, 6.07) is 0. The van der Waals surface area contributed by atoms with Gasteiger partial charge in [-0.15, -0.1) is 0 Å². The minimum absolute atomic E-state index is 0.389. The Labute approximate surface area is 111 Å². The molecule has 2 aliphatic rings. The molecule has 0 radical (unpaired) electrons. The van der Waals surface area contributed by atoms with Crippen LogP contribution in [0.4, 0.5) is 0 Å². The highest BCUT2D eigenvalue weighted by atomic mass is 16.5. The van der Waals surface area contributed by atoms with Crippen molar-refractivity contribution in [3.8, 4) is 0 Å². The molecular weight excluding hydrogens is 228 g/mol. The fourth-order valence-electron chi connectivity index (χ4n) is 3.28. The van der Waals surface area contributed by atoms with E-state index < -0.39 is 0 Å². The van der Waals surface area contributed by atoms with Gasteiger partial charge >= 0.3 is 0 Å². The molecule has 2 fully saturated rings. The monoisotopic (exact) mass is 256 g/mol. The lowest BCUT2D eigenvalue weighted by Gasteiger charge is -2.36. The van der Waals surface area contributed by atoms with E-state index >= 15 is 0 Å². The van der Waals surface area contributed by atoms with Gasteiger partial charge in [-0.2, -0.15) is 0 Å². The summed E-state index contributed by atoms with van der Waals surface area (Å²) in [6.07, 6.45) is 2.11. The van der Waals surface area contributed by atoms with Gasteiger partial charge in [0.15, 0.2) is 0 Å². The van der Waals surface area contributed by atoms with Crippen LogP contribution in [-0.4, -0.2) is 75.0 Å². The molecular formula is C14H28N2O2. The van der Waals surface area contributed by atoms with Crippen molar-refractivity contribution in [1.82, 2.24) is 9.80 Å². The maximum Gasteiger partial charge on any atom is 0.0678 e. The number of nitrogens with zero attached hydrogens (tertiary/aromatic N) is 2. The molecule has 0 spiro atoms. The molecule has 2 aliphatic heterocycles. The van der Waals surface area contributed by atoms with Crippen LogP contribution in [0, 0.1) is 5.92 Å². The molecule has 106 valence electrons. The van der Waals surface area contributed by atoms with Crippen LogP contribution in [0.5, 0.6) is 0 Å². The third kappa shape index (κ3) is 4.19. The molecule has 0 aromatic carbocycles. The van der Waals surface area contributed by atoms with Crippen LogP contribution < -0.4 is 0 Å². The number of hydrogen-bond acceptors (Lipinski definition) is 4. The van der Waals surface area contributed by atoms with Crippen LogP contribution in [0.1, 0.15) is 20.3 Å². The van der Waals surface area contributed by atoms with E-state index in [1.807, 2.05) is 0 Å². The zero-order chi connectivity index (χ0) is 13.0. The van der Waals surface area contributed by atoms with E-state index in [9.17, 15) is 0 Å². The standard InChI is InChI=1S/C14H28N2O2/c1-12-8-16(9-13(2)18-12)11-14-4-5-15(10-14)6-7-17-3/h12-14H,4-11H2,1-3H3/t12-,13+,14-/m1/s1. The zero-order valence-corrected chi connectivity index (χ0v) is 12.1. The van der Waals surface area contributed by atoms with Crippen molar-refractivity contribution < 1.29 is 9.47 Å². The van der Waals surface area contributed by atoms with Gasteiger partial charge in [-0.25, -0.2) is 0 Å². The van der Waals surface area contributed by atoms with E-state index in [-0.39, 0.29) is 0 Å². The minimum atomic E-state index is 0.389. The van der Waals surface area contributed by atoms with Gasteiger partial charge in [-0.05, 0) is 32.7 Å². The van der Waals surface area contributed by atoms with Crippen molar-refractivity contribution >= 4 is 0 Å². The molecule has 4 heteroatoms. The zero-order valence-electron chi connectivity index (χ0n) is 12.1. The highest BCUT2D eigenvalue weighted by molar-refractivity contribution is 4.81. The van der Waals surface area contributed by atoms with Gasteiger partial charge < -0.3 is 14.4 Å². The molecule has 4 nitrogen and oxygen atoms in total. The number of morpholine rings is 1. The highest BCUT2D eigenvalue weighted by Crippen LogP contribution is 2.19. The van der Waals surface area contributed by atoms with Crippen LogP contribution in [0.15, 0.2) is 0 Å². The first-order chi connectivity index (χ1) is 8.67. The Morgan fingerprint density at radius 3 is 2.50 bits per heavy atom. The second-order valence-electron chi connectivity index (χ2n) is 5.92. The molecule has 0 bridgehead atoms. The van der Waals surface area contributed by atoms with Gasteiger partial charge in [0.05, 0.1) is 18.8 Å². The van der Waals surface area contributed by atoms with Gasteiger partial charge in [0.25, 0.3) is 0 Å². The van der Waals surface area contributed by atoms with Gasteiger partial charge in [0.1, 0.15) is 0 Å². The Balaban J connectivity index is 1.70. The molecule has 0 amide bonds. The third-order valence-electron chi connectivity index (χ3n) is 3.99. The molecule has 3 atom stereocenters. The van der Waals surface area contributed by atoms with Crippen LogP contribution in [0.25, 0.3) is 0 Å². The van der Waals surface area contributed by atoms with Crippen molar-refractivity contribution in [1.29, 1.82) is 0 Å². The van der Waals surface area contributed by atoms with Crippen LogP contribution in [0.2, 0.25) is 0 Å². The highest BCUT2D eigenvalue weighted by Gasteiger charge is 2.28. The Hall–Kier alpha value is -0.160. The van der Waals surface area contributed by atoms with Crippen LogP contribution in [0.3, 0.4) is 0 Å². The Morgan fingerprint density at radius 1 is 1.11 bits per heavy atom. The van der Waals surface area contributed by atoms with Crippen molar-refractivity contribution in [3.05, 3.63) is 0 Å². The Bertz CT molecular complexity index is 240. The van der Waals surface area contributed by atoms with Crippen molar-refractivity contribution in [2.24, 2.45) is 5.92 Å². The van der Waals surface area contributed by atoms with E-state index in [1.54, 1.807) is 7.11 Å². The quantitative estimate of drug-likeness (QED) is 0.734. The third-order valence-corrected chi connectivity index (χ3v) is 3.99. The molecule has 0 N–H and O–H groups in total. The summed E-state index contributed by atoms with van der Waals surface area (Å²) in [5.74, 6) is 0.833. The van der Waals surface area contributed by atoms with E-state index in [2.05, 4.69) is 23.6 Å². The fourth-order valence-corrected chi connectivity index (χ4v) is 3.28. The topological polar surface area (TPSA) is 24.9 Å². The van der Waals surface area contributed by atoms with E-state index in [4.69, 9.17) is 9.47 Å². The molecule has 2 heterocycles. The molecule has 0 aliphatic carbocycles. The van der Waals surface area contributed by atoms with Gasteiger partial charge in [0.2, 0.25) is 0 Å². The summed E-state index contributed by atoms with van der Waals surface area (Å²) in [5.41, 5.74) is 0. The van der Waals surface area contributed by atoms with Gasteiger partial charge in [0, 0.05) is 39.8 Å². The lowest BCUT2D eigenvalue weighted by molar-refractivity contribution is -0.0711. The van der Waals surface area contributed by atoms with E-state index in [0.29, 0.717) is 12.2 Å². The molecule has 2 rings (SSSR count). The predicted octanol–water partition coefficient (Wildman–Crippen LogP) is 1.06. The molecule has 2 saturated heterocycles. The molecule has 0 saturated carbocycles. The maximum atomic E-state index is 5.79. The SMILES string of the molecule is COCCN1CC[C@@H](CN2C[C@@H](C)O[C@@H](C)C2)C1. The molecule has 18 heavy (non-hydrogen) atoms. The number of hydrogen-bond donors (Lipinski definition) is 0. The van der Waals surface area contributed by atoms with Crippen LogP contribution >= 0.6 is 0 Å². The molecule has 0 unspecified atom stereocenters. The van der Waals surface area contributed by atoms with E-state index in [1.165, 1.54) is 26.1 Å². The average molecular weight is 256 g/mol. The molecule has 0 aromatic rings. The van der Waals surface area contributed by atoms with Crippen molar-refractivity contribution in [2.75, 3.05) is 53.0 Å². The second kappa shape index (κ2) is 6.85. The van der Waals surface area contributed by atoms with Gasteiger partial charge in [-0.1, -0.05) is 0 Å². The largest absolute Gasteiger partial charge is 0.383 e. The summed E-state index contributed by atoms with van der Waals surface area (Å²) in [4.78, 5) is 5.12. The predicted molar refractivity (Wildman–Crippen MR) is 72.9 cm³/mol. The van der Waals surface area contributed by atoms with E-state index in [0.717, 1.165) is 32.2 Å². The number of ether oxygens (including phenoxy) is 2. The second-order valence-corrected chi connectivity index (χ2v) is 5.92. The number of methoxy groups -OCH3 is 1. The smallest absolute Gasteiger partial charge is 0.0678 e. The first-order valence-corrected chi connectivity index (χ1v) is 7.26. The number of rotatable bonds is 5. The van der Waals surface area contributed by atoms with Crippen molar-refractivity contribution in [3.63, 3.8) is 0 Å². The first-order valence-electron chi connectivity index (χ1n) is 7.26. The summed E-state index contributed by atoms with van der Waals surface area (Å²) < 4.78 is 10.9. The Kier molecular flexibility index (Phi) is 5.42. The van der Waals surface area contributed by atoms with Gasteiger partial charge in [-0.3, -0.25) is 4.90 Å². The lowest BCUT2D eigenvalue weighted by Crippen LogP contribution is -2.47. The van der Waals surface area contributed by atoms with Crippen molar-refractivity contribution in [2.45, 2.75) is 32.5 Å². The summed E-state index contributed by atoms with van der Waals surface area (Å²) in [5, 5.41) is 0. The summed E-state index contributed by atoms with van der Waals surface area (Å²) >= 11 is 0. The number of likely N-dealkylation sites (tertiary alicyclic amines) is 1. The molecule has 0 aromatic heterocycles.